The van der Waals surface area contributed by atoms with E-state index in [-0.39, 0.29) is 23.6 Å². The van der Waals surface area contributed by atoms with E-state index in [4.69, 9.17) is 0 Å². The van der Waals surface area contributed by atoms with Crippen molar-refractivity contribution in [2.75, 3.05) is 13.1 Å². The molecule has 1 aromatic carbocycles. The Morgan fingerprint density at radius 2 is 1.84 bits per heavy atom. The topological polar surface area (TPSA) is 78.5 Å². The molecule has 25 heavy (non-hydrogen) atoms. The summed E-state index contributed by atoms with van der Waals surface area (Å²) in [6.45, 7) is 4.35. The number of benzene rings is 1. The molecule has 0 bridgehead atoms. The number of hydrogen-bond acceptors (Lipinski definition) is 4. The van der Waals surface area contributed by atoms with Gasteiger partial charge in [-0.2, -0.15) is 0 Å². The predicted octanol–water partition coefficient (Wildman–Crippen LogP) is 1.51. The lowest BCUT2D eigenvalue weighted by Crippen LogP contribution is -2.56. The molecule has 6 heteroatoms. The molecule has 2 heterocycles. The third-order valence-electron chi connectivity index (χ3n) is 5.16. The first kappa shape index (κ1) is 17.2. The van der Waals surface area contributed by atoms with Crippen molar-refractivity contribution in [3.8, 4) is 0 Å². The van der Waals surface area contributed by atoms with Gasteiger partial charge in [-0.05, 0) is 25.3 Å². The summed E-state index contributed by atoms with van der Waals surface area (Å²) in [5.41, 5.74) is 0.0350. The van der Waals surface area contributed by atoms with Crippen molar-refractivity contribution in [2.24, 2.45) is 5.41 Å². The van der Waals surface area contributed by atoms with Gasteiger partial charge in [0.05, 0.1) is 0 Å². The van der Waals surface area contributed by atoms with E-state index < -0.39 is 5.41 Å². The highest BCUT2D eigenvalue weighted by atomic mass is 16.2. The first-order chi connectivity index (χ1) is 11.9. The van der Waals surface area contributed by atoms with Crippen LogP contribution in [-0.2, 0) is 14.4 Å². The predicted molar refractivity (Wildman–Crippen MR) is 93.1 cm³/mol. The number of hydrogen-bond donors (Lipinski definition) is 2. The second-order valence-corrected chi connectivity index (χ2v) is 6.74. The molecule has 0 saturated carbocycles. The van der Waals surface area contributed by atoms with Crippen molar-refractivity contribution in [1.29, 1.82) is 0 Å². The molecule has 2 N–H and O–H groups in total. The quantitative estimate of drug-likeness (QED) is 0.817. The number of likely N-dealkylation sites (tertiary alicyclic amines) is 1. The third-order valence-corrected chi connectivity index (χ3v) is 5.16. The molecule has 1 atom stereocenters. The van der Waals surface area contributed by atoms with Gasteiger partial charge in [-0.15, -0.1) is 0 Å². The van der Waals surface area contributed by atoms with Gasteiger partial charge >= 0.3 is 0 Å². The van der Waals surface area contributed by atoms with E-state index in [1.54, 1.807) is 4.90 Å². The van der Waals surface area contributed by atoms with Crippen LogP contribution in [-0.4, -0.2) is 35.6 Å². The normalized spacial score (nSPS) is 20.7. The standard InChI is InChI=1S/C19H23N3O3/c1-13(15-6-4-3-5-7-15)20-17-12-16(24)19(18(25)21-17)8-10-22(11-9-19)14(2)23/h3-7,12-13,20H,8-11H2,1-2H3,(H,21,25)/t13-/m1/s1. The average molecular weight is 341 g/mol. The van der Waals surface area contributed by atoms with Gasteiger partial charge in [0.1, 0.15) is 11.2 Å². The van der Waals surface area contributed by atoms with Crippen LogP contribution in [0.1, 0.15) is 38.3 Å². The van der Waals surface area contributed by atoms with Gasteiger partial charge in [-0.1, -0.05) is 30.3 Å². The fraction of sp³-hybridized carbons (Fsp3) is 0.421. The maximum atomic E-state index is 12.7. The van der Waals surface area contributed by atoms with Crippen molar-refractivity contribution >= 4 is 17.6 Å². The van der Waals surface area contributed by atoms with Crippen LogP contribution < -0.4 is 10.6 Å². The second kappa shape index (κ2) is 6.70. The lowest BCUT2D eigenvalue weighted by atomic mass is 9.72. The van der Waals surface area contributed by atoms with Gasteiger partial charge in [0, 0.05) is 32.1 Å². The fourth-order valence-electron chi connectivity index (χ4n) is 3.47. The number of piperidine rings is 1. The summed E-state index contributed by atoms with van der Waals surface area (Å²) < 4.78 is 0. The number of ketones is 1. The summed E-state index contributed by atoms with van der Waals surface area (Å²) in [6, 6.07) is 9.79. The van der Waals surface area contributed by atoms with Crippen molar-refractivity contribution in [2.45, 2.75) is 32.7 Å². The zero-order valence-electron chi connectivity index (χ0n) is 14.5. The van der Waals surface area contributed by atoms with Gasteiger partial charge in [0.25, 0.3) is 0 Å². The van der Waals surface area contributed by atoms with E-state index in [9.17, 15) is 14.4 Å². The van der Waals surface area contributed by atoms with Crippen molar-refractivity contribution in [3.63, 3.8) is 0 Å². The number of rotatable bonds is 3. The third kappa shape index (κ3) is 3.29. The molecule has 0 aliphatic carbocycles. The van der Waals surface area contributed by atoms with E-state index >= 15 is 0 Å². The molecule has 1 spiro atoms. The van der Waals surface area contributed by atoms with Crippen molar-refractivity contribution < 1.29 is 14.4 Å². The van der Waals surface area contributed by atoms with Crippen LogP contribution in [0.25, 0.3) is 0 Å². The molecule has 2 aliphatic heterocycles. The van der Waals surface area contributed by atoms with Crippen molar-refractivity contribution in [3.05, 3.63) is 47.8 Å². The van der Waals surface area contributed by atoms with E-state index in [0.717, 1.165) is 5.56 Å². The molecule has 2 aliphatic rings. The van der Waals surface area contributed by atoms with E-state index in [1.165, 1.54) is 13.0 Å². The molecule has 0 radical (unpaired) electrons. The summed E-state index contributed by atoms with van der Waals surface area (Å²) in [4.78, 5) is 38.5. The van der Waals surface area contributed by atoms with Crippen LogP contribution in [0.5, 0.6) is 0 Å². The Bertz CT molecular complexity index is 719. The Kier molecular flexibility index (Phi) is 4.61. The molecular formula is C19H23N3O3. The minimum atomic E-state index is -1.03. The van der Waals surface area contributed by atoms with Gasteiger partial charge in [0.15, 0.2) is 5.78 Å². The van der Waals surface area contributed by atoms with Crippen LogP contribution in [0, 0.1) is 5.41 Å². The van der Waals surface area contributed by atoms with Crippen molar-refractivity contribution in [1.82, 2.24) is 15.5 Å². The molecule has 0 aromatic heterocycles. The highest BCUT2D eigenvalue weighted by molar-refractivity contribution is 6.14. The Balaban J connectivity index is 1.72. The van der Waals surface area contributed by atoms with E-state index in [1.807, 2.05) is 37.3 Å². The first-order valence-electron chi connectivity index (χ1n) is 8.57. The minimum absolute atomic E-state index is 0.0203. The summed E-state index contributed by atoms with van der Waals surface area (Å²) in [5, 5.41) is 6.03. The monoisotopic (exact) mass is 341 g/mol. The average Bonchev–Trinajstić information content (AvgIpc) is 2.61. The van der Waals surface area contributed by atoms with Crippen LogP contribution in [0.4, 0.5) is 0 Å². The van der Waals surface area contributed by atoms with Crippen LogP contribution in [0.3, 0.4) is 0 Å². The Morgan fingerprint density at radius 1 is 1.20 bits per heavy atom. The highest BCUT2D eigenvalue weighted by Gasteiger charge is 2.49. The molecule has 1 fully saturated rings. The molecule has 132 valence electrons. The summed E-state index contributed by atoms with van der Waals surface area (Å²) in [7, 11) is 0. The molecule has 1 saturated heterocycles. The number of nitrogens with zero attached hydrogens (tertiary/aromatic N) is 1. The van der Waals surface area contributed by atoms with Gasteiger partial charge in [-0.25, -0.2) is 0 Å². The lowest BCUT2D eigenvalue weighted by Gasteiger charge is -2.40. The molecule has 2 amide bonds. The highest BCUT2D eigenvalue weighted by Crippen LogP contribution is 2.36. The Hall–Kier alpha value is -2.63. The number of carbonyl (C=O) groups excluding carboxylic acids is 3. The molecule has 1 aromatic rings. The van der Waals surface area contributed by atoms with E-state index in [0.29, 0.717) is 31.8 Å². The summed E-state index contributed by atoms with van der Waals surface area (Å²) >= 11 is 0. The summed E-state index contributed by atoms with van der Waals surface area (Å²) in [6.07, 6.45) is 2.23. The minimum Gasteiger partial charge on any atom is -0.365 e. The first-order valence-corrected chi connectivity index (χ1v) is 8.57. The number of carbonyl (C=O) groups is 3. The number of amides is 2. The van der Waals surface area contributed by atoms with E-state index in [2.05, 4.69) is 10.6 Å². The van der Waals surface area contributed by atoms with Gasteiger partial charge < -0.3 is 15.5 Å². The smallest absolute Gasteiger partial charge is 0.239 e. The Morgan fingerprint density at radius 3 is 2.40 bits per heavy atom. The Labute approximate surface area is 147 Å². The number of nitrogens with one attached hydrogen (secondary N) is 2. The lowest BCUT2D eigenvalue weighted by molar-refractivity contribution is -0.147. The second-order valence-electron chi connectivity index (χ2n) is 6.74. The molecule has 6 nitrogen and oxygen atoms in total. The summed E-state index contributed by atoms with van der Waals surface area (Å²) in [5.74, 6) is -0.0350. The van der Waals surface area contributed by atoms with Crippen LogP contribution >= 0.6 is 0 Å². The van der Waals surface area contributed by atoms with Crippen LogP contribution in [0.2, 0.25) is 0 Å². The fourth-order valence-corrected chi connectivity index (χ4v) is 3.47. The largest absolute Gasteiger partial charge is 0.365 e. The maximum Gasteiger partial charge on any atom is 0.239 e. The molecule has 3 rings (SSSR count). The maximum absolute atomic E-state index is 12.7. The SMILES string of the molecule is CC(=O)N1CCC2(CC1)C(=O)C=C(N[C@H](C)c1ccccc1)NC2=O. The van der Waals surface area contributed by atoms with Gasteiger partial charge in [0.2, 0.25) is 11.8 Å². The zero-order chi connectivity index (χ0) is 18.0. The van der Waals surface area contributed by atoms with Gasteiger partial charge in [-0.3, -0.25) is 14.4 Å². The zero-order valence-corrected chi connectivity index (χ0v) is 14.5. The number of allylic oxidation sites excluding steroid dienone is 1. The molecule has 0 unspecified atom stereocenters. The molecular weight excluding hydrogens is 318 g/mol. The van der Waals surface area contributed by atoms with Crippen LogP contribution in [0.15, 0.2) is 42.2 Å².